The van der Waals surface area contributed by atoms with Gasteiger partial charge in [-0.05, 0) is 36.4 Å². The Hall–Kier alpha value is -4.40. The van der Waals surface area contributed by atoms with Gasteiger partial charge in [-0.2, -0.15) is 5.10 Å². The molecule has 0 atom stereocenters. The molecule has 0 unspecified atom stereocenters. The van der Waals surface area contributed by atoms with Gasteiger partial charge >= 0.3 is 5.97 Å². The predicted octanol–water partition coefficient (Wildman–Crippen LogP) is 3.95. The van der Waals surface area contributed by atoms with Crippen molar-refractivity contribution in [3.05, 3.63) is 59.6 Å². The largest absolute Gasteiger partial charge is 0.504 e. The maximum Gasteiger partial charge on any atom is 0.345 e. The van der Waals surface area contributed by atoms with Crippen LogP contribution >= 0.6 is 0 Å². The number of anilines is 2. The van der Waals surface area contributed by atoms with Crippen LogP contribution < -0.4 is 5.32 Å². The molecule has 142 valence electrons. The number of carboxylic acids is 1. The van der Waals surface area contributed by atoms with Crippen molar-refractivity contribution in [1.82, 2.24) is 15.2 Å². The molecule has 0 saturated carbocycles. The van der Waals surface area contributed by atoms with E-state index in [9.17, 15) is 15.0 Å². The van der Waals surface area contributed by atoms with Gasteiger partial charge in [0.05, 0.1) is 11.7 Å². The smallest absolute Gasteiger partial charge is 0.345 e. The van der Waals surface area contributed by atoms with Crippen LogP contribution in [-0.2, 0) is 0 Å². The lowest BCUT2D eigenvalue weighted by molar-refractivity contribution is 0.0695. The quantitative estimate of drug-likeness (QED) is 0.416. The molecule has 0 radical (unpaired) electrons. The van der Waals surface area contributed by atoms with Crippen molar-refractivity contribution in [3.63, 3.8) is 0 Å². The summed E-state index contributed by atoms with van der Waals surface area (Å²) in [6.45, 7) is 0. The molecular formula is C20H13N5O4. The van der Waals surface area contributed by atoms with E-state index < -0.39 is 11.7 Å². The van der Waals surface area contributed by atoms with Crippen molar-refractivity contribution in [2.75, 3.05) is 5.32 Å². The Bertz CT molecular complexity index is 1330. The summed E-state index contributed by atoms with van der Waals surface area (Å²) >= 11 is 0. The molecule has 0 aliphatic carbocycles. The van der Waals surface area contributed by atoms with E-state index in [-0.39, 0.29) is 17.2 Å². The number of benzene rings is 1. The van der Waals surface area contributed by atoms with Crippen molar-refractivity contribution in [2.45, 2.75) is 0 Å². The van der Waals surface area contributed by atoms with Crippen LogP contribution in [0.2, 0.25) is 0 Å². The van der Waals surface area contributed by atoms with Gasteiger partial charge in [0.2, 0.25) is 5.88 Å². The first-order valence-electron chi connectivity index (χ1n) is 8.60. The molecule has 9 nitrogen and oxygen atoms in total. The fraction of sp³-hybridized carbons (Fsp3) is 0. The average molecular weight is 387 g/mol. The molecule has 0 fully saturated rings. The molecular weight excluding hydrogens is 374 g/mol. The van der Waals surface area contributed by atoms with Gasteiger partial charge in [0.1, 0.15) is 0 Å². The Balaban J connectivity index is 1.56. The lowest BCUT2D eigenvalue weighted by Gasteiger charge is -2.04. The van der Waals surface area contributed by atoms with Gasteiger partial charge in [-0.25, -0.2) is 14.8 Å². The number of furan rings is 1. The monoisotopic (exact) mass is 387 g/mol. The lowest BCUT2D eigenvalue weighted by atomic mass is 10.1. The topological polar surface area (TPSA) is 137 Å². The van der Waals surface area contributed by atoms with E-state index in [1.165, 1.54) is 6.08 Å². The summed E-state index contributed by atoms with van der Waals surface area (Å²) < 4.78 is 5.66. The van der Waals surface area contributed by atoms with Gasteiger partial charge in [0, 0.05) is 34.6 Å². The Morgan fingerprint density at radius 3 is 3.03 bits per heavy atom. The number of fused-ring (bicyclic) bond motifs is 2. The van der Waals surface area contributed by atoms with Gasteiger partial charge in [-0.15, -0.1) is 0 Å². The van der Waals surface area contributed by atoms with Crippen LogP contribution in [0.5, 0.6) is 5.75 Å². The third kappa shape index (κ3) is 2.81. The van der Waals surface area contributed by atoms with E-state index in [0.29, 0.717) is 17.1 Å². The molecule has 0 spiro atoms. The van der Waals surface area contributed by atoms with Gasteiger partial charge in [-0.3, -0.25) is 5.10 Å². The maximum atomic E-state index is 11.7. The molecule has 29 heavy (non-hydrogen) atoms. The van der Waals surface area contributed by atoms with Gasteiger partial charge in [-0.1, -0.05) is 0 Å². The number of pyridine rings is 1. The lowest BCUT2D eigenvalue weighted by Crippen LogP contribution is -2.00. The normalized spacial score (nSPS) is 13.9. The van der Waals surface area contributed by atoms with Gasteiger partial charge < -0.3 is 19.9 Å². The number of aliphatic imine (C=N–C) groups is 1. The second-order valence-electron chi connectivity index (χ2n) is 6.35. The van der Waals surface area contributed by atoms with E-state index in [2.05, 4.69) is 25.5 Å². The van der Waals surface area contributed by atoms with E-state index in [1.54, 1.807) is 36.8 Å². The highest BCUT2D eigenvalue weighted by Gasteiger charge is 2.26. The molecule has 0 amide bonds. The Morgan fingerprint density at radius 1 is 1.28 bits per heavy atom. The molecule has 1 aliphatic rings. The van der Waals surface area contributed by atoms with Crippen molar-refractivity contribution in [3.8, 4) is 5.75 Å². The molecule has 4 N–H and O–H groups in total. The molecule has 4 aromatic rings. The molecule has 0 saturated heterocycles. The number of nitrogens with zero attached hydrogens (tertiary/aromatic N) is 3. The predicted molar refractivity (Wildman–Crippen MR) is 107 cm³/mol. The van der Waals surface area contributed by atoms with E-state index in [4.69, 9.17) is 4.42 Å². The van der Waals surface area contributed by atoms with Gasteiger partial charge in [0.25, 0.3) is 0 Å². The van der Waals surface area contributed by atoms with Crippen molar-refractivity contribution < 1.29 is 19.4 Å². The molecule has 5 rings (SSSR count). The fourth-order valence-electron chi connectivity index (χ4n) is 3.15. The second-order valence-corrected chi connectivity index (χ2v) is 6.35. The van der Waals surface area contributed by atoms with Crippen molar-refractivity contribution >= 4 is 52.1 Å². The maximum absolute atomic E-state index is 11.7. The Labute approximate surface area is 163 Å². The minimum Gasteiger partial charge on any atom is -0.504 e. The number of hydrogen-bond acceptors (Lipinski definition) is 7. The summed E-state index contributed by atoms with van der Waals surface area (Å²) in [5, 5.41) is 30.6. The van der Waals surface area contributed by atoms with Crippen LogP contribution in [0.25, 0.3) is 22.6 Å². The van der Waals surface area contributed by atoms with E-state index in [0.717, 1.165) is 16.5 Å². The number of aromatic hydroxyl groups is 1. The molecule has 1 aromatic carbocycles. The SMILES string of the molecule is O=C(O)c1c(Nc2ccc3cn[nH]c3c2)oc(C=C2C=Nc3ncccc32)c1O. The number of aromatic carboxylic acids is 1. The minimum atomic E-state index is -1.32. The number of H-pyrrole nitrogens is 1. The summed E-state index contributed by atoms with van der Waals surface area (Å²) in [4.78, 5) is 20.1. The number of nitrogens with one attached hydrogen (secondary N) is 2. The Morgan fingerprint density at radius 2 is 2.17 bits per heavy atom. The van der Waals surface area contributed by atoms with Crippen LogP contribution in [0.1, 0.15) is 21.7 Å². The first kappa shape index (κ1) is 16.8. The fourth-order valence-corrected chi connectivity index (χ4v) is 3.15. The third-order valence-corrected chi connectivity index (χ3v) is 4.53. The highest BCUT2D eigenvalue weighted by molar-refractivity contribution is 6.21. The zero-order valence-corrected chi connectivity index (χ0v) is 14.7. The number of rotatable bonds is 4. The summed E-state index contributed by atoms with van der Waals surface area (Å²) in [6.07, 6.45) is 6.42. The first-order chi connectivity index (χ1) is 14.1. The van der Waals surface area contributed by atoms with Crippen molar-refractivity contribution in [1.29, 1.82) is 0 Å². The zero-order valence-electron chi connectivity index (χ0n) is 14.7. The van der Waals surface area contributed by atoms with Crippen LogP contribution in [-0.4, -0.2) is 37.6 Å². The summed E-state index contributed by atoms with van der Waals surface area (Å²) in [5.74, 6) is -1.31. The van der Waals surface area contributed by atoms with E-state index in [1.807, 2.05) is 12.1 Å². The van der Waals surface area contributed by atoms with Crippen LogP contribution in [0.4, 0.5) is 17.4 Å². The van der Waals surface area contributed by atoms with Crippen molar-refractivity contribution in [2.24, 2.45) is 4.99 Å². The summed E-state index contributed by atoms with van der Waals surface area (Å²) in [6, 6.07) is 8.94. The number of allylic oxidation sites excluding steroid dienone is 1. The third-order valence-electron chi connectivity index (χ3n) is 4.53. The summed E-state index contributed by atoms with van der Waals surface area (Å²) in [7, 11) is 0. The molecule has 1 aliphatic heterocycles. The Kier molecular flexibility index (Phi) is 3.66. The van der Waals surface area contributed by atoms with Crippen LogP contribution in [0, 0.1) is 0 Å². The highest BCUT2D eigenvalue weighted by atomic mass is 16.4. The zero-order chi connectivity index (χ0) is 20.0. The summed E-state index contributed by atoms with van der Waals surface area (Å²) in [5.41, 5.74) is 2.41. The number of aromatic nitrogens is 3. The first-order valence-corrected chi connectivity index (χ1v) is 8.60. The minimum absolute atomic E-state index is 0.00525. The molecule has 3 aromatic heterocycles. The highest BCUT2D eigenvalue weighted by Crippen LogP contribution is 2.39. The standard InChI is InChI=1S/C20H13N5O4/c26-17-15(6-11-8-22-18-13(11)2-1-5-21-18)29-19(16(17)20(27)28)24-12-4-3-10-9-23-25-14(10)7-12/h1-9,24,26H,(H,23,25)(H,27,28). The van der Waals surface area contributed by atoms with Gasteiger partial charge in [0.15, 0.2) is 22.9 Å². The number of carbonyl (C=O) groups is 1. The number of aromatic amines is 1. The molecule has 4 heterocycles. The number of carboxylic acid groups (broad SMARTS) is 1. The second kappa shape index (κ2) is 6.34. The van der Waals surface area contributed by atoms with E-state index >= 15 is 0 Å². The molecule has 9 heteroatoms. The molecule has 0 bridgehead atoms. The average Bonchev–Trinajstić information content (AvgIpc) is 3.40. The van der Waals surface area contributed by atoms with Crippen LogP contribution in [0.15, 0.2) is 52.1 Å². The van der Waals surface area contributed by atoms with Crippen LogP contribution in [0.3, 0.4) is 0 Å². The number of hydrogen-bond donors (Lipinski definition) is 4.